The fourth-order valence-corrected chi connectivity index (χ4v) is 4.33. The van der Waals surface area contributed by atoms with E-state index in [1.165, 1.54) is 0 Å². The van der Waals surface area contributed by atoms with Gasteiger partial charge in [0.25, 0.3) is 5.91 Å². The second-order valence-corrected chi connectivity index (χ2v) is 8.71. The third-order valence-corrected chi connectivity index (χ3v) is 6.14. The van der Waals surface area contributed by atoms with Crippen molar-refractivity contribution >= 4 is 22.6 Å². The van der Waals surface area contributed by atoms with Gasteiger partial charge in [0.05, 0.1) is 17.3 Å². The van der Waals surface area contributed by atoms with Crippen LogP contribution in [0.25, 0.3) is 22.3 Å². The predicted octanol–water partition coefficient (Wildman–Crippen LogP) is 3.87. The minimum atomic E-state index is -0.142. The number of anilines is 1. The number of pyridine rings is 1. The Morgan fingerprint density at radius 3 is 2.71 bits per heavy atom. The molecule has 8 nitrogen and oxygen atoms in total. The van der Waals surface area contributed by atoms with Gasteiger partial charge in [-0.25, -0.2) is 9.97 Å². The highest BCUT2D eigenvalue weighted by molar-refractivity contribution is 5.92. The number of phenols is 1. The molecule has 0 radical (unpaired) electrons. The number of phenolic OH excluding ortho intramolecular Hbond substituents is 1. The Kier molecular flexibility index (Phi) is 6.43. The Hall–Kier alpha value is -4.20. The van der Waals surface area contributed by atoms with Crippen LogP contribution in [0, 0.1) is 6.92 Å². The number of aryl methyl sites for hydroxylation is 1. The third-order valence-electron chi connectivity index (χ3n) is 6.14. The first-order valence-electron chi connectivity index (χ1n) is 11.7. The molecule has 2 aromatic heterocycles. The Bertz CT molecular complexity index is 1340. The molecule has 0 aliphatic carbocycles. The molecule has 0 atom stereocenters. The van der Waals surface area contributed by atoms with Gasteiger partial charge < -0.3 is 20.1 Å². The summed E-state index contributed by atoms with van der Waals surface area (Å²) in [7, 11) is 0. The maximum atomic E-state index is 12.4. The quantitative estimate of drug-likeness (QED) is 0.442. The van der Waals surface area contributed by atoms with Gasteiger partial charge in [-0.1, -0.05) is 18.2 Å². The number of para-hydroxylation sites is 1. The van der Waals surface area contributed by atoms with Gasteiger partial charge in [0.15, 0.2) is 12.4 Å². The lowest BCUT2D eigenvalue weighted by Gasteiger charge is -2.34. The molecular weight excluding hydrogens is 442 g/mol. The summed E-state index contributed by atoms with van der Waals surface area (Å²) in [5, 5.41) is 14.4. The van der Waals surface area contributed by atoms with Gasteiger partial charge in [-0.2, -0.15) is 0 Å². The van der Waals surface area contributed by atoms with Crippen molar-refractivity contribution in [1.82, 2.24) is 20.3 Å². The largest absolute Gasteiger partial charge is 0.507 e. The van der Waals surface area contributed by atoms with Crippen molar-refractivity contribution in [2.45, 2.75) is 25.8 Å². The fourth-order valence-electron chi connectivity index (χ4n) is 4.33. The number of hydrogen-bond acceptors (Lipinski definition) is 7. The summed E-state index contributed by atoms with van der Waals surface area (Å²) >= 11 is 0. The molecule has 1 aliphatic heterocycles. The van der Waals surface area contributed by atoms with Crippen LogP contribution in [-0.2, 0) is 4.79 Å². The molecule has 0 spiro atoms. The minimum absolute atomic E-state index is 0.0360. The lowest BCUT2D eigenvalue weighted by molar-refractivity contribution is -0.123. The van der Waals surface area contributed by atoms with E-state index in [0.29, 0.717) is 17.1 Å². The second kappa shape index (κ2) is 9.97. The van der Waals surface area contributed by atoms with Crippen LogP contribution >= 0.6 is 0 Å². The monoisotopic (exact) mass is 469 g/mol. The standard InChI is InChI=1S/C27H27N5O3/c1-18-8-9-21-23(15-18)30-26(22-6-2-3-7-24(22)33)31-27(21)32-13-10-19(11-14-32)29-25(34)17-35-20-5-4-12-28-16-20/h2-9,12,15-16,19,33H,10-11,13-14,17H2,1H3,(H,29,34). The number of rotatable bonds is 6. The van der Waals surface area contributed by atoms with Crippen molar-refractivity contribution in [2.75, 3.05) is 24.6 Å². The highest BCUT2D eigenvalue weighted by Crippen LogP contribution is 2.33. The molecule has 5 rings (SSSR count). The molecule has 0 saturated carbocycles. The number of benzene rings is 2. The molecule has 0 bridgehead atoms. The maximum absolute atomic E-state index is 12.4. The molecule has 1 saturated heterocycles. The van der Waals surface area contributed by atoms with Crippen molar-refractivity contribution < 1.29 is 14.6 Å². The van der Waals surface area contributed by atoms with Gasteiger partial charge in [-0.3, -0.25) is 9.78 Å². The summed E-state index contributed by atoms with van der Waals surface area (Å²) in [6, 6.07) is 16.9. The summed E-state index contributed by atoms with van der Waals surface area (Å²) in [6.07, 6.45) is 4.83. The molecule has 178 valence electrons. The van der Waals surface area contributed by atoms with E-state index < -0.39 is 0 Å². The van der Waals surface area contributed by atoms with Crippen LogP contribution in [0.3, 0.4) is 0 Å². The maximum Gasteiger partial charge on any atom is 0.258 e. The molecule has 1 fully saturated rings. The Balaban J connectivity index is 1.30. The van der Waals surface area contributed by atoms with Gasteiger partial charge in [-0.05, 0) is 61.7 Å². The minimum Gasteiger partial charge on any atom is -0.507 e. The van der Waals surface area contributed by atoms with Gasteiger partial charge in [0, 0.05) is 30.7 Å². The molecule has 1 amide bonds. The van der Waals surface area contributed by atoms with Gasteiger partial charge in [0.1, 0.15) is 17.3 Å². The van der Waals surface area contributed by atoms with E-state index in [0.717, 1.165) is 48.2 Å². The number of carbonyl (C=O) groups excluding carboxylic acids is 1. The van der Waals surface area contributed by atoms with Gasteiger partial charge in [0.2, 0.25) is 0 Å². The summed E-state index contributed by atoms with van der Waals surface area (Å²) < 4.78 is 5.50. The number of aromatic nitrogens is 3. The Labute approximate surface area is 203 Å². The molecule has 35 heavy (non-hydrogen) atoms. The molecule has 2 aromatic carbocycles. The number of nitrogens with zero attached hydrogens (tertiary/aromatic N) is 4. The number of ether oxygens (including phenoxy) is 1. The first-order chi connectivity index (χ1) is 17.1. The normalized spacial score (nSPS) is 14.1. The highest BCUT2D eigenvalue weighted by atomic mass is 16.5. The van der Waals surface area contributed by atoms with Crippen molar-refractivity contribution in [1.29, 1.82) is 0 Å². The molecular formula is C27H27N5O3. The van der Waals surface area contributed by atoms with Gasteiger partial charge in [-0.15, -0.1) is 0 Å². The number of nitrogens with one attached hydrogen (secondary N) is 1. The lowest BCUT2D eigenvalue weighted by atomic mass is 10.0. The van der Waals surface area contributed by atoms with Crippen molar-refractivity contribution in [3.05, 3.63) is 72.6 Å². The first-order valence-corrected chi connectivity index (χ1v) is 11.7. The van der Waals surface area contributed by atoms with Crippen LogP contribution in [-0.4, -0.2) is 51.7 Å². The number of hydrogen-bond donors (Lipinski definition) is 2. The van der Waals surface area contributed by atoms with E-state index in [4.69, 9.17) is 14.7 Å². The van der Waals surface area contributed by atoms with Crippen LogP contribution in [0.15, 0.2) is 67.0 Å². The van der Waals surface area contributed by atoms with Crippen LogP contribution < -0.4 is 15.0 Å². The van der Waals surface area contributed by atoms with Crippen LogP contribution in [0.5, 0.6) is 11.5 Å². The van der Waals surface area contributed by atoms with Gasteiger partial charge >= 0.3 is 0 Å². The number of piperidine rings is 1. The van der Waals surface area contributed by atoms with Crippen molar-refractivity contribution in [3.8, 4) is 22.9 Å². The summed E-state index contributed by atoms with van der Waals surface area (Å²) in [5.41, 5.74) is 2.56. The molecule has 0 unspecified atom stereocenters. The summed E-state index contributed by atoms with van der Waals surface area (Å²) in [6.45, 7) is 3.49. The van der Waals surface area contributed by atoms with Crippen molar-refractivity contribution in [3.63, 3.8) is 0 Å². The molecule has 4 aromatic rings. The predicted molar refractivity (Wildman–Crippen MR) is 134 cm³/mol. The fraction of sp³-hybridized carbons (Fsp3) is 0.259. The molecule has 1 aliphatic rings. The number of amides is 1. The first kappa shape index (κ1) is 22.6. The topological polar surface area (TPSA) is 100 Å². The van der Waals surface area contributed by atoms with Crippen LogP contribution in [0.2, 0.25) is 0 Å². The van der Waals surface area contributed by atoms with Crippen molar-refractivity contribution in [2.24, 2.45) is 0 Å². The van der Waals surface area contributed by atoms with E-state index in [1.807, 2.05) is 25.1 Å². The summed E-state index contributed by atoms with van der Waals surface area (Å²) in [4.78, 5) is 28.2. The average Bonchev–Trinajstić information content (AvgIpc) is 2.88. The zero-order valence-corrected chi connectivity index (χ0v) is 19.5. The highest BCUT2D eigenvalue weighted by Gasteiger charge is 2.24. The number of carbonyl (C=O) groups is 1. The zero-order chi connectivity index (χ0) is 24.2. The van der Waals surface area contributed by atoms with Crippen LogP contribution in [0.4, 0.5) is 5.82 Å². The number of aromatic hydroxyl groups is 1. The molecule has 8 heteroatoms. The molecule has 3 heterocycles. The SMILES string of the molecule is Cc1ccc2c(N3CCC(NC(=O)COc4cccnc4)CC3)nc(-c3ccccc3O)nc2c1. The van der Waals surface area contributed by atoms with E-state index in [1.54, 1.807) is 36.7 Å². The average molecular weight is 470 g/mol. The Morgan fingerprint density at radius 2 is 1.94 bits per heavy atom. The Morgan fingerprint density at radius 1 is 1.11 bits per heavy atom. The molecule has 2 N–H and O–H groups in total. The summed E-state index contributed by atoms with van der Waals surface area (Å²) in [5.74, 6) is 1.93. The lowest BCUT2D eigenvalue weighted by Crippen LogP contribution is -2.46. The van der Waals surface area contributed by atoms with Crippen LogP contribution in [0.1, 0.15) is 18.4 Å². The smallest absolute Gasteiger partial charge is 0.258 e. The van der Waals surface area contributed by atoms with E-state index >= 15 is 0 Å². The van der Waals surface area contributed by atoms with E-state index in [9.17, 15) is 9.90 Å². The number of fused-ring (bicyclic) bond motifs is 1. The third kappa shape index (κ3) is 5.16. The second-order valence-electron chi connectivity index (χ2n) is 8.71. The van der Waals surface area contributed by atoms with E-state index in [-0.39, 0.29) is 24.3 Å². The van der Waals surface area contributed by atoms with E-state index in [2.05, 4.69) is 27.3 Å². The zero-order valence-electron chi connectivity index (χ0n) is 19.5.